The predicted molar refractivity (Wildman–Crippen MR) is 102 cm³/mol. The van der Waals surface area contributed by atoms with E-state index in [4.69, 9.17) is 5.73 Å². The van der Waals surface area contributed by atoms with Crippen molar-refractivity contribution in [3.8, 4) is 0 Å². The number of rotatable bonds is 4. The third-order valence-electron chi connectivity index (χ3n) is 7.01. The minimum Gasteiger partial charge on any atom is -0.344 e. The zero-order chi connectivity index (χ0) is 20.8. The number of nitrogens with zero attached hydrogens (tertiary/aromatic N) is 1. The molecule has 8 heteroatoms. The van der Waals surface area contributed by atoms with Crippen molar-refractivity contribution >= 4 is 17.5 Å². The molecule has 3 N–H and O–H groups in total. The van der Waals surface area contributed by atoms with Crippen molar-refractivity contribution in [1.82, 2.24) is 5.32 Å². The Morgan fingerprint density at radius 3 is 2.45 bits per heavy atom. The van der Waals surface area contributed by atoms with Crippen LogP contribution in [0, 0.1) is 17.3 Å². The Kier molecular flexibility index (Phi) is 5.09. The minimum atomic E-state index is -4.55. The molecule has 0 aromatic heterocycles. The molecular weight excluding hydrogens is 383 g/mol. The summed E-state index contributed by atoms with van der Waals surface area (Å²) in [6, 6.07) is 4.23. The van der Waals surface area contributed by atoms with Crippen molar-refractivity contribution in [2.24, 2.45) is 23.0 Å². The molecule has 3 atom stereocenters. The van der Waals surface area contributed by atoms with Crippen molar-refractivity contribution in [2.75, 3.05) is 18.0 Å². The fraction of sp³-hybridized carbons (Fsp3) is 0.619. The van der Waals surface area contributed by atoms with Crippen molar-refractivity contribution in [1.29, 1.82) is 0 Å². The minimum absolute atomic E-state index is 0.137. The first kappa shape index (κ1) is 20.2. The maximum Gasteiger partial charge on any atom is 0.418 e. The van der Waals surface area contributed by atoms with Gasteiger partial charge in [0, 0.05) is 13.1 Å². The molecule has 2 saturated carbocycles. The molecule has 1 aliphatic heterocycles. The Hall–Kier alpha value is -2.09. The molecule has 3 fully saturated rings. The number of hydrogen-bond donors (Lipinski definition) is 2. The lowest BCUT2D eigenvalue weighted by Gasteiger charge is -2.29. The number of anilines is 1. The van der Waals surface area contributed by atoms with E-state index in [0.717, 1.165) is 36.6 Å². The summed E-state index contributed by atoms with van der Waals surface area (Å²) in [5, 5.41) is 2.82. The Morgan fingerprint density at radius 2 is 1.83 bits per heavy atom. The normalized spacial score (nSPS) is 31.9. The second kappa shape index (κ2) is 7.31. The second-order valence-corrected chi connectivity index (χ2v) is 8.66. The van der Waals surface area contributed by atoms with E-state index in [1.807, 2.05) is 0 Å². The largest absolute Gasteiger partial charge is 0.418 e. The molecule has 29 heavy (non-hydrogen) atoms. The first-order valence-electron chi connectivity index (χ1n) is 10.2. The molecule has 2 amide bonds. The number of carbonyl (C=O) groups excluding carboxylic acids is 2. The highest BCUT2D eigenvalue weighted by Gasteiger charge is 2.51. The molecule has 1 saturated heterocycles. The van der Waals surface area contributed by atoms with Crippen molar-refractivity contribution in [2.45, 2.75) is 50.7 Å². The zero-order valence-corrected chi connectivity index (χ0v) is 16.2. The lowest BCUT2D eigenvalue weighted by Crippen LogP contribution is -2.50. The molecule has 4 rings (SSSR count). The number of halogens is 3. The number of amides is 2. The summed E-state index contributed by atoms with van der Waals surface area (Å²) in [5.74, 6) is 0.302. The van der Waals surface area contributed by atoms with E-state index >= 15 is 0 Å². The van der Waals surface area contributed by atoms with Crippen LogP contribution in [0.25, 0.3) is 0 Å². The molecule has 0 bridgehead atoms. The van der Waals surface area contributed by atoms with Gasteiger partial charge in [-0.2, -0.15) is 13.2 Å². The van der Waals surface area contributed by atoms with Crippen LogP contribution in [0.3, 0.4) is 0 Å². The van der Waals surface area contributed by atoms with Crippen LogP contribution in [0.2, 0.25) is 0 Å². The van der Waals surface area contributed by atoms with E-state index in [1.165, 1.54) is 24.6 Å². The smallest absolute Gasteiger partial charge is 0.344 e. The summed E-state index contributed by atoms with van der Waals surface area (Å²) in [4.78, 5) is 27.0. The number of para-hydroxylation sites is 1. The Balaban J connectivity index is 1.48. The number of fused-ring (bicyclic) bond motifs is 1. The number of nitrogens with two attached hydrogens (primary N) is 1. The fourth-order valence-corrected chi connectivity index (χ4v) is 5.50. The van der Waals surface area contributed by atoms with Crippen LogP contribution in [-0.4, -0.2) is 30.9 Å². The van der Waals surface area contributed by atoms with E-state index in [0.29, 0.717) is 11.8 Å². The van der Waals surface area contributed by atoms with E-state index in [2.05, 4.69) is 5.32 Å². The van der Waals surface area contributed by atoms with Gasteiger partial charge in [-0.25, -0.2) is 0 Å². The van der Waals surface area contributed by atoms with Gasteiger partial charge in [0.1, 0.15) is 6.04 Å². The predicted octanol–water partition coefficient (Wildman–Crippen LogP) is 3.08. The first-order chi connectivity index (χ1) is 13.7. The van der Waals surface area contributed by atoms with Crippen molar-refractivity contribution in [3.63, 3.8) is 0 Å². The molecule has 158 valence electrons. The first-order valence-corrected chi connectivity index (χ1v) is 10.2. The number of alkyl halides is 3. The Morgan fingerprint density at radius 1 is 1.17 bits per heavy atom. The molecule has 3 unspecified atom stereocenters. The lowest BCUT2D eigenvalue weighted by molar-refractivity contribution is -0.137. The molecule has 5 nitrogen and oxygen atoms in total. The topological polar surface area (TPSA) is 75.4 Å². The number of hydrogen-bond acceptors (Lipinski definition) is 3. The lowest BCUT2D eigenvalue weighted by atomic mass is 9.82. The monoisotopic (exact) mass is 409 g/mol. The van der Waals surface area contributed by atoms with Crippen LogP contribution in [0.15, 0.2) is 24.3 Å². The van der Waals surface area contributed by atoms with Gasteiger partial charge in [-0.3, -0.25) is 9.59 Å². The van der Waals surface area contributed by atoms with Gasteiger partial charge < -0.3 is 16.0 Å². The molecule has 0 spiro atoms. The number of carbonyl (C=O) groups is 2. The van der Waals surface area contributed by atoms with E-state index in [-0.39, 0.29) is 31.1 Å². The molecule has 0 radical (unpaired) electrons. The summed E-state index contributed by atoms with van der Waals surface area (Å²) < 4.78 is 40.0. The maximum absolute atomic E-state index is 13.3. The second-order valence-electron chi connectivity index (χ2n) is 8.66. The van der Waals surface area contributed by atoms with Gasteiger partial charge in [0.05, 0.1) is 16.7 Å². The van der Waals surface area contributed by atoms with Gasteiger partial charge in [-0.15, -0.1) is 0 Å². The summed E-state index contributed by atoms with van der Waals surface area (Å²) in [5.41, 5.74) is 4.32. The van der Waals surface area contributed by atoms with Gasteiger partial charge in [0.25, 0.3) is 0 Å². The SMILES string of the molecule is NCC1(C(=O)NC2CCN(c3ccccc3C(F)(F)F)C2=O)CC2CCCC2C1. The maximum atomic E-state index is 13.3. The Bertz CT molecular complexity index is 799. The number of nitrogens with one attached hydrogen (secondary N) is 1. The van der Waals surface area contributed by atoms with Gasteiger partial charge in [-0.1, -0.05) is 31.4 Å². The number of benzene rings is 1. The Labute approximate surface area is 167 Å². The van der Waals surface area contributed by atoms with Gasteiger partial charge >= 0.3 is 6.18 Å². The van der Waals surface area contributed by atoms with Crippen LogP contribution < -0.4 is 16.0 Å². The van der Waals surface area contributed by atoms with Crippen LogP contribution in [-0.2, 0) is 15.8 Å². The zero-order valence-electron chi connectivity index (χ0n) is 16.2. The van der Waals surface area contributed by atoms with Crippen LogP contribution in [0.5, 0.6) is 0 Å². The summed E-state index contributed by atoms with van der Waals surface area (Å²) in [6.07, 6.45) is 0.622. The highest BCUT2D eigenvalue weighted by Crippen LogP contribution is 2.52. The van der Waals surface area contributed by atoms with Crippen LogP contribution in [0.1, 0.15) is 44.1 Å². The highest BCUT2D eigenvalue weighted by molar-refractivity contribution is 6.02. The molecule has 1 aromatic carbocycles. The fourth-order valence-electron chi connectivity index (χ4n) is 5.50. The van der Waals surface area contributed by atoms with Crippen LogP contribution in [0.4, 0.5) is 18.9 Å². The highest BCUT2D eigenvalue weighted by atomic mass is 19.4. The van der Waals surface area contributed by atoms with E-state index < -0.39 is 29.1 Å². The third-order valence-corrected chi connectivity index (χ3v) is 7.01. The van der Waals surface area contributed by atoms with Crippen LogP contribution >= 0.6 is 0 Å². The standard InChI is InChI=1S/C21H26F3N3O2/c22-21(23,24)15-6-1-2-7-17(15)27-9-8-16(18(27)28)26-19(29)20(12-25)10-13-4-3-5-14(13)11-20/h1-2,6-7,13-14,16H,3-5,8-12,25H2,(H,26,29). The average Bonchev–Trinajstić information content (AvgIpc) is 3.35. The van der Waals surface area contributed by atoms with Crippen molar-refractivity contribution in [3.05, 3.63) is 29.8 Å². The van der Waals surface area contributed by atoms with E-state index in [9.17, 15) is 22.8 Å². The summed E-state index contributed by atoms with van der Waals surface area (Å²) in [7, 11) is 0. The molecular formula is C21H26F3N3O2. The van der Waals surface area contributed by atoms with E-state index in [1.54, 1.807) is 0 Å². The summed E-state index contributed by atoms with van der Waals surface area (Å²) in [6.45, 7) is 0.366. The molecule has 1 heterocycles. The van der Waals surface area contributed by atoms with Gasteiger partial charge in [0.15, 0.2) is 0 Å². The third kappa shape index (κ3) is 3.52. The molecule has 3 aliphatic rings. The van der Waals surface area contributed by atoms with Gasteiger partial charge in [-0.05, 0) is 43.2 Å². The molecule has 2 aliphatic carbocycles. The van der Waals surface area contributed by atoms with Crippen molar-refractivity contribution < 1.29 is 22.8 Å². The summed E-state index contributed by atoms with van der Waals surface area (Å²) >= 11 is 0. The van der Waals surface area contributed by atoms with Gasteiger partial charge in [0.2, 0.25) is 11.8 Å². The average molecular weight is 409 g/mol. The quantitative estimate of drug-likeness (QED) is 0.803. The molecule has 1 aromatic rings.